The van der Waals surface area contributed by atoms with Gasteiger partial charge in [0.1, 0.15) is 17.2 Å². The molecule has 0 bridgehead atoms. The van der Waals surface area contributed by atoms with Gasteiger partial charge in [0.05, 0.1) is 27.4 Å². The van der Waals surface area contributed by atoms with Gasteiger partial charge in [-0.1, -0.05) is 11.6 Å². The van der Waals surface area contributed by atoms with Crippen LogP contribution in [0.1, 0.15) is 35.6 Å². The Morgan fingerprint density at radius 3 is 2.50 bits per heavy atom. The summed E-state index contributed by atoms with van der Waals surface area (Å²) in [5, 5.41) is 0. The average molecular weight is 381 g/mol. The van der Waals surface area contributed by atoms with Crippen LogP contribution in [0.3, 0.4) is 0 Å². The van der Waals surface area contributed by atoms with Crippen LogP contribution < -0.4 is 14.2 Å². The molecule has 2 aromatic rings. The number of hydrogen-bond donors (Lipinski definition) is 0. The topological polar surface area (TPSA) is 48.0 Å². The number of benzene rings is 2. The van der Waals surface area contributed by atoms with Crippen molar-refractivity contribution in [2.24, 2.45) is 0 Å². The van der Waals surface area contributed by atoms with E-state index in [9.17, 15) is 4.79 Å². The van der Waals surface area contributed by atoms with E-state index in [-0.39, 0.29) is 11.9 Å². The second kappa shape index (κ2) is 8.83. The van der Waals surface area contributed by atoms with Crippen molar-refractivity contribution in [3.8, 4) is 17.2 Å². The molecule has 0 N–H and O–H groups in total. The molecule has 3 rings (SSSR count). The average Bonchev–Trinajstić information content (AvgIpc) is 3.21. The zero-order valence-corrected chi connectivity index (χ0v) is 16.9. The lowest BCUT2D eigenvalue weighted by molar-refractivity contribution is -0.126. The number of ether oxygens (including phenoxy) is 3. The number of carbonyl (C=O) groups excluding carboxylic acids is 1. The highest BCUT2D eigenvalue weighted by atomic mass is 16.5. The molecule has 0 radical (unpaired) electrons. The third kappa shape index (κ3) is 4.14. The molecule has 0 spiro atoms. The molecule has 1 heterocycles. The van der Waals surface area contributed by atoms with Crippen LogP contribution >= 0.6 is 0 Å². The summed E-state index contributed by atoms with van der Waals surface area (Å²) in [6.07, 6.45) is 5.31. The summed E-state index contributed by atoms with van der Waals surface area (Å²) >= 11 is 0. The van der Waals surface area contributed by atoms with Gasteiger partial charge in [-0.2, -0.15) is 0 Å². The molecule has 0 aliphatic carbocycles. The van der Waals surface area contributed by atoms with E-state index in [1.165, 1.54) is 0 Å². The lowest BCUT2D eigenvalue weighted by Gasteiger charge is -2.25. The van der Waals surface area contributed by atoms with Gasteiger partial charge in [0.15, 0.2) is 0 Å². The molecular formula is C23H27NO4. The molecule has 5 heteroatoms. The van der Waals surface area contributed by atoms with Gasteiger partial charge >= 0.3 is 0 Å². The van der Waals surface area contributed by atoms with Gasteiger partial charge in [-0.15, -0.1) is 0 Å². The summed E-state index contributed by atoms with van der Waals surface area (Å²) in [6.45, 7) is 2.74. The Morgan fingerprint density at radius 1 is 1.04 bits per heavy atom. The molecule has 2 aromatic carbocycles. The number of amides is 1. The van der Waals surface area contributed by atoms with E-state index in [2.05, 4.69) is 0 Å². The Bertz CT molecular complexity index is 875. The van der Waals surface area contributed by atoms with Crippen LogP contribution in [0.2, 0.25) is 0 Å². The van der Waals surface area contributed by atoms with Crippen LogP contribution in [0.4, 0.5) is 0 Å². The molecule has 28 heavy (non-hydrogen) atoms. The minimum Gasteiger partial charge on any atom is -0.497 e. The molecule has 1 aliphatic rings. The van der Waals surface area contributed by atoms with Gasteiger partial charge in [0.25, 0.3) is 0 Å². The number of methoxy groups -OCH3 is 3. The summed E-state index contributed by atoms with van der Waals surface area (Å²) in [7, 11) is 4.92. The number of rotatable bonds is 6. The molecule has 0 saturated carbocycles. The zero-order valence-electron chi connectivity index (χ0n) is 16.9. The van der Waals surface area contributed by atoms with Crippen molar-refractivity contribution in [3.63, 3.8) is 0 Å². The number of nitrogens with zero attached hydrogens (tertiary/aromatic N) is 1. The Balaban J connectivity index is 1.85. The Morgan fingerprint density at radius 2 is 1.79 bits per heavy atom. The normalized spacial score (nSPS) is 16.4. The summed E-state index contributed by atoms with van der Waals surface area (Å²) in [6, 6.07) is 11.6. The van der Waals surface area contributed by atoms with Crippen molar-refractivity contribution in [1.29, 1.82) is 0 Å². The predicted octanol–water partition coefficient (Wildman–Crippen LogP) is 4.40. The third-order valence-corrected chi connectivity index (χ3v) is 5.12. The predicted molar refractivity (Wildman–Crippen MR) is 110 cm³/mol. The van der Waals surface area contributed by atoms with Gasteiger partial charge in [-0.3, -0.25) is 4.79 Å². The largest absolute Gasteiger partial charge is 0.497 e. The van der Waals surface area contributed by atoms with Crippen molar-refractivity contribution < 1.29 is 19.0 Å². The number of hydrogen-bond acceptors (Lipinski definition) is 4. The van der Waals surface area contributed by atoms with Crippen molar-refractivity contribution in [3.05, 3.63) is 59.2 Å². The van der Waals surface area contributed by atoms with Crippen LogP contribution in [0.15, 0.2) is 42.5 Å². The maximum Gasteiger partial charge on any atom is 0.247 e. The summed E-state index contributed by atoms with van der Waals surface area (Å²) in [4.78, 5) is 14.9. The molecule has 0 unspecified atom stereocenters. The number of aryl methyl sites for hydroxylation is 1. The Labute approximate surface area is 166 Å². The van der Waals surface area contributed by atoms with Gasteiger partial charge in [-0.05, 0) is 56.2 Å². The maximum atomic E-state index is 13.0. The van der Waals surface area contributed by atoms with E-state index in [1.807, 2.05) is 54.3 Å². The number of likely N-dealkylation sites (tertiary alicyclic amines) is 1. The highest BCUT2D eigenvalue weighted by molar-refractivity contribution is 5.92. The van der Waals surface area contributed by atoms with Crippen molar-refractivity contribution in [2.45, 2.75) is 25.8 Å². The Kier molecular flexibility index (Phi) is 6.24. The van der Waals surface area contributed by atoms with E-state index in [4.69, 9.17) is 14.2 Å². The second-order valence-electron chi connectivity index (χ2n) is 6.88. The second-order valence-corrected chi connectivity index (χ2v) is 6.88. The van der Waals surface area contributed by atoms with E-state index < -0.39 is 0 Å². The van der Waals surface area contributed by atoms with E-state index in [0.717, 1.165) is 53.3 Å². The lowest BCUT2D eigenvalue weighted by atomic mass is 10.0. The first-order chi connectivity index (χ1) is 13.6. The molecule has 1 aliphatic heterocycles. The highest BCUT2D eigenvalue weighted by Crippen LogP contribution is 2.39. The summed E-state index contributed by atoms with van der Waals surface area (Å²) in [5.41, 5.74) is 2.99. The van der Waals surface area contributed by atoms with Crippen LogP contribution in [0.5, 0.6) is 17.2 Å². The Hall–Kier alpha value is -2.95. The quantitative estimate of drug-likeness (QED) is 0.696. The van der Waals surface area contributed by atoms with Crippen molar-refractivity contribution >= 4 is 12.0 Å². The molecule has 1 atom stereocenters. The molecule has 1 saturated heterocycles. The molecule has 1 fully saturated rings. The fourth-order valence-corrected chi connectivity index (χ4v) is 3.69. The van der Waals surface area contributed by atoms with Gasteiger partial charge in [0.2, 0.25) is 5.91 Å². The molecule has 148 valence electrons. The van der Waals surface area contributed by atoms with Gasteiger partial charge in [0, 0.05) is 23.7 Å². The maximum absolute atomic E-state index is 13.0. The molecular weight excluding hydrogens is 354 g/mol. The first-order valence-corrected chi connectivity index (χ1v) is 9.42. The van der Waals surface area contributed by atoms with E-state index in [0.29, 0.717) is 0 Å². The van der Waals surface area contributed by atoms with Gasteiger partial charge < -0.3 is 19.1 Å². The van der Waals surface area contributed by atoms with Crippen LogP contribution in [-0.4, -0.2) is 38.7 Å². The van der Waals surface area contributed by atoms with Crippen LogP contribution in [0, 0.1) is 6.92 Å². The monoisotopic (exact) mass is 381 g/mol. The first-order valence-electron chi connectivity index (χ1n) is 9.42. The molecule has 0 aromatic heterocycles. The first kappa shape index (κ1) is 19.8. The van der Waals surface area contributed by atoms with Crippen molar-refractivity contribution in [1.82, 2.24) is 4.90 Å². The summed E-state index contributed by atoms with van der Waals surface area (Å²) in [5.74, 6) is 2.27. The number of carbonyl (C=O) groups is 1. The smallest absolute Gasteiger partial charge is 0.247 e. The van der Waals surface area contributed by atoms with Crippen LogP contribution in [-0.2, 0) is 4.79 Å². The molecule has 5 nitrogen and oxygen atoms in total. The standard InChI is InChI=1S/C23H27NO4/c1-16-7-10-21(27-3)17(14-16)8-12-23(25)24-13-5-6-20(24)19-15-18(26-2)9-11-22(19)28-4/h7-12,14-15,20H,5-6,13H2,1-4H3/b12-8+/t20-/m1/s1. The van der Waals surface area contributed by atoms with E-state index in [1.54, 1.807) is 27.4 Å². The fourth-order valence-electron chi connectivity index (χ4n) is 3.69. The minimum absolute atomic E-state index is 0.0177. The highest BCUT2D eigenvalue weighted by Gasteiger charge is 2.31. The van der Waals surface area contributed by atoms with E-state index >= 15 is 0 Å². The lowest BCUT2D eigenvalue weighted by Crippen LogP contribution is -2.29. The molecule has 1 amide bonds. The van der Waals surface area contributed by atoms with Gasteiger partial charge in [-0.25, -0.2) is 0 Å². The third-order valence-electron chi connectivity index (χ3n) is 5.12. The zero-order chi connectivity index (χ0) is 20.1. The summed E-state index contributed by atoms with van der Waals surface area (Å²) < 4.78 is 16.3. The van der Waals surface area contributed by atoms with Crippen molar-refractivity contribution in [2.75, 3.05) is 27.9 Å². The minimum atomic E-state index is -0.0263. The SMILES string of the molecule is COc1ccc(OC)c([C@H]2CCCN2C(=O)/C=C/c2cc(C)ccc2OC)c1. The fraction of sp³-hybridized carbons (Fsp3) is 0.348. The van der Waals surface area contributed by atoms with Crippen LogP contribution in [0.25, 0.3) is 6.08 Å².